The standard InChI is InChI=1S/C45H67N11O14S/c1-4-22(2)37-42(66)49-17-35(61)50-31-21-71(69)44-27(26-10-9-25(14-28(26)53-44)70-12-8-6-5-7-11-46)15-29(39(63)48-18-36(62)54-37)51-43(67)38(23(3)33(59)20-57)55-41(65)32-13-24(58)19-56(32)45(68)30(16-34(47)60)52-40(31)64/h9-10,14,22-24,29-33,37-38,53,57-59H,4-8,11-13,15-21,46H2,1-3H3,(H2,47,60)(H,48,63)(H,49,66)(H,50,61)(H,51,67)(H,52,64)(H,54,62)(H,55,65)/t22-,23-,24?,29?,30-,31?,32-,33-,37-,38-,71-/m0/s1. The lowest BCUT2D eigenvalue weighted by Gasteiger charge is -2.32. The summed E-state index contributed by atoms with van der Waals surface area (Å²) in [5.74, 6) is -11.2. The van der Waals surface area contributed by atoms with Gasteiger partial charge in [-0.2, -0.15) is 0 Å². The first-order chi connectivity index (χ1) is 33.8. The monoisotopic (exact) mass is 1020 g/mol. The molecule has 9 amide bonds. The molecule has 1 fully saturated rings. The van der Waals surface area contributed by atoms with Crippen LogP contribution in [0.25, 0.3) is 10.9 Å². The summed E-state index contributed by atoms with van der Waals surface area (Å²) < 4.78 is 20.9. The Labute approximate surface area is 412 Å². The highest BCUT2D eigenvalue weighted by molar-refractivity contribution is 7.91. The molecular formula is C45H67N11O14S. The van der Waals surface area contributed by atoms with E-state index in [0.29, 0.717) is 36.2 Å². The molecule has 5 rings (SSSR count). The molecule has 3 aliphatic heterocycles. The highest BCUT2D eigenvalue weighted by Gasteiger charge is 2.45. The number of benzene rings is 1. The summed E-state index contributed by atoms with van der Waals surface area (Å²) in [6, 6.07) is -5.04. The highest BCUT2D eigenvalue weighted by Crippen LogP contribution is 2.32. The van der Waals surface area contributed by atoms with Crippen molar-refractivity contribution < 1.29 is 67.8 Å². The van der Waals surface area contributed by atoms with E-state index in [-0.39, 0.29) is 10.6 Å². The first-order valence-corrected chi connectivity index (χ1v) is 25.0. The SMILES string of the molecule is CC[C@H](C)[C@@H]1NC(=O)CNC(=O)C2Cc3c([nH]c4cc(OCCCCCCN)ccc34)[S@@+]([O-])CC(NC(=O)CNC1=O)C(=O)N[C@@H](CC(N)=O)C(=O)N1CC(O)C[C@H]1C(=O)N[C@@H]([C@@H](C)[C@@H](O)CO)C(=O)N2. The maximum absolute atomic E-state index is 14.9. The number of fused-ring (bicyclic) bond motifs is 5. The second-order valence-electron chi connectivity index (χ2n) is 18.2. The third kappa shape index (κ3) is 14.8. The minimum Gasteiger partial charge on any atom is -0.610 e. The molecule has 26 heteroatoms. The molecule has 3 unspecified atom stereocenters. The van der Waals surface area contributed by atoms with Crippen LogP contribution in [0.5, 0.6) is 5.75 Å². The number of ether oxygens (including phenoxy) is 1. The van der Waals surface area contributed by atoms with Crippen LogP contribution in [0.3, 0.4) is 0 Å². The van der Waals surface area contributed by atoms with E-state index in [9.17, 15) is 63.0 Å². The largest absolute Gasteiger partial charge is 0.610 e. The molecule has 15 N–H and O–H groups in total. The number of unbranched alkanes of at least 4 members (excludes halogenated alkanes) is 3. The Morgan fingerprint density at radius 1 is 0.873 bits per heavy atom. The van der Waals surface area contributed by atoms with Crippen molar-refractivity contribution in [3.8, 4) is 5.75 Å². The molecule has 71 heavy (non-hydrogen) atoms. The third-order valence-electron chi connectivity index (χ3n) is 12.9. The van der Waals surface area contributed by atoms with Crippen molar-refractivity contribution in [1.29, 1.82) is 0 Å². The lowest BCUT2D eigenvalue weighted by atomic mass is 9.93. The molecule has 11 atom stereocenters. The van der Waals surface area contributed by atoms with E-state index in [1.165, 1.54) is 6.92 Å². The molecule has 0 spiro atoms. The Bertz CT molecular complexity index is 2280. The number of aromatic amines is 1. The Morgan fingerprint density at radius 2 is 1.56 bits per heavy atom. The zero-order chi connectivity index (χ0) is 52.1. The molecule has 3 aliphatic rings. The molecule has 1 aromatic heterocycles. The number of aromatic nitrogens is 1. The van der Waals surface area contributed by atoms with E-state index in [1.807, 2.05) is 0 Å². The Balaban J connectivity index is 1.72. The van der Waals surface area contributed by atoms with Crippen LogP contribution in [0.4, 0.5) is 0 Å². The molecular weight excluding hydrogens is 951 g/mol. The number of nitrogens with one attached hydrogen (secondary N) is 8. The number of nitrogens with two attached hydrogens (primary N) is 2. The number of H-pyrrole nitrogens is 1. The maximum Gasteiger partial charge on any atom is 0.248 e. The van der Waals surface area contributed by atoms with Crippen molar-refractivity contribution in [2.45, 2.75) is 126 Å². The third-order valence-corrected chi connectivity index (χ3v) is 14.3. The fraction of sp³-hybridized carbons (Fsp3) is 0.622. The lowest BCUT2D eigenvalue weighted by molar-refractivity contribution is -0.144. The summed E-state index contributed by atoms with van der Waals surface area (Å²) in [6.07, 6.45) is -1.00. The van der Waals surface area contributed by atoms with Crippen molar-refractivity contribution in [1.82, 2.24) is 47.1 Å². The van der Waals surface area contributed by atoms with Crippen LogP contribution in [0.2, 0.25) is 0 Å². The second-order valence-corrected chi connectivity index (χ2v) is 19.6. The average Bonchev–Trinajstić information content (AvgIpc) is 3.91. The first-order valence-electron chi connectivity index (χ1n) is 23.7. The Kier molecular flexibility index (Phi) is 20.4. The number of hydrogen-bond acceptors (Lipinski definition) is 15. The minimum atomic E-state index is -2.36. The zero-order valence-electron chi connectivity index (χ0n) is 40.0. The topological polar surface area (TPSA) is 402 Å². The van der Waals surface area contributed by atoms with Crippen molar-refractivity contribution in [3.05, 3.63) is 23.8 Å². The predicted octanol–water partition coefficient (Wildman–Crippen LogP) is -4.73. The van der Waals surface area contributed by atoms with Gasteiger partial charge in [-0.05, 0) is 37.4 Å². The highest BCUT2D eigenvalue weighted by atomic mass is 32.2. The van der Waals surface area contributed by atoms with Gasteiger partial charge in [0.1, 0.15) is 41.7 Å². The molecule has 2 bridgehead atoms. The van der Waals surface area contributed by atoms with Gasteiger partial charge in [-0.15, -0.1) is 0 Å². The van der Waals surface area contributed by atoms with Gasteiger partial charge in [-0.25, -0.2) is 0 Å². The van der Waals surface area contributed by atoms with Crippen LogP contribution >= 0.6 is 0 Å². The number of carbonyl (C=O) groups excluding carboxylic acids is 9. The number of carbonyl (C=O) groups is 9. The van der Waals surface area contributed by atoms with Crippen molar-refractivity contribution in [2.75, 3.05) is 45.1 Å². The number of primary amides is 1. The van der Waals surface area contributed by atoms with E-state index in [1.54, 1.807) is 32.0 Å². The number of rotatable bonds is 14. The van der Waals surface area contributed by atoms with Crippen molar-refractivity contribution >= 4 is 75.2 Å². The number of hydrogen-bond donors (Lipinski definition) is 13. The molecule has 4 heterocycles. The van der Waals surface area contributed by atoms with Gasteiger partial charge < -0.3 is 83.2 Å². The number of aliphatic hydroxyl groups is 3. The normalized spacial score (nSPS) is 26.8. The molecule has 2 aromatic rings. The van der Waals surface area contributed by atoms with Crippen LogP contribution in [0, 0.1) is 11.8 Å². The van der Waals surface area contributed by atoms with Crippen molar-refractivity contribution in [2.24, 2.45) is 23.3 Å². The number of aliphatic hydroxyl groups excluding tert-OH is 3. The van der Waals surface area contributed by atoms with E-state index in [2.05, 4.69) is 42.2 Å². The van der Waals surface area contributed by atoms with Crippen LogP contribution < -0.4 is 53.4 Å². The summed E-state index contributed by atoms with van der Waals surface area (Å²) >= 11 is -2.36. The Morgan fingerprint density at radius 3 is 2.24 bits per heavy atom. The number of nitrogens with zero attached hydrogens (tertiary/aromatic N) is 1. The summed E-state index contributed by atoms with van der Waals surface area (Å²) in [4.78, 5) is 129. The number of amides is 9. The van der Waals surface area contributed by atoms with Gasteiger partial charge in [0.15, 0.2) is 6.04 Å². The summed E-state index contributed by atoms with van der Waals surface area (Å²) in [7, 11) is 0. The van der Waals surface area contributed by atoms with Gasteiger partial charge in [0, 0.05) is 53.5 Å². The summed E-state index contributed by atoms with van der Waals surface area (Å²) in [5, 5.41) is 49.2. The Hall–Kier alpha value is -6.06. The fourth-order valence-corrected chi connectivity index (χ4v) is 9.97. The molecule has 0 aliphatic carbocycles. The molecule has 0 radical (unpaired) electrons. The first kappa shape index (κ1) is 55.9. The van der Waals surface area contributed by atoms with E-state index in [4.69, 9.17) is 16.2 Å². The molecule has 25 nitrogen and oxygen atoms in total. The van der Waals surface area contributed by atoms with E-state index in [0.717, 1.165) is 30.6 Å². The van der Waals surface area contributed by atoms with Gasteiger partial charge in [0.25, 0.3) is 0 Å². The van der Waals surface area contributed by atoms with Crippen LogP contribution in [-0.4, -0.2) is 177 Å². The summed E-state index contributed by atoms with van der Waals surface area (Å²) in [5.41, 5.74) is 11.6. The van der Waals surface area contributed by atoms with Crippen LogP contribution in [-0.2, 0) is 60.7 Å². The van der Waals surface area contributed by atoms with E-state index < -0.39 is 176 Å². The van der Waals surface area contributed by atoms with Gasteiger partial charge in [0.2, 0.25) is 58.2 Å². The summed E-state index contributed by atoms with van der Waals surface area (Å²) in [6.45, 7) is 2.75. The van der Waals surface area contributed by atoms with Gasteiger partial charge in [-0.1, -0.05) is 40.0 Å². The van der Waals surface area contributed by atoms with Gasteiger partial charge in [0.05, 0.1) is 50.4 Å². The molecule has 392 valence electrons. The minimum absolute atomic E-state index is 0.102. The van der Waals surface area contributed by atoms with Crippen LogP contribution in [0.15, 0.2) is 23.2 Å². The van der Waals surface area contributed by atoms with Crippen molar-refractivity contribution in [3.63, 3.8) is 0 Å². The predicted molar refractivity (Wildman–Crippen MR) is 254 cm³/mol. The fourth-order valence-electron chi connectivity index (χ4n) is 8.57. The maximum atomic E-state index is 14.9. The van der Waals surface area contributed by atoms with E-state index >= 15 is 0 Å². The molecule has 0 saturated carbocycles. The smallest absolute Gasteiger partial charge is 0.248 e. The second kappa shape index (κ2) is 25.9. The average molecular weight is 1020 g/mol. The van der Waals surface area contributed by atoms with Gasteiger partial charge >= 0.3 is 0 Å². The molecule has 1 aromatic carbocycles. The van der Waals surface area contributed by atoms with Gasteiger partial charge in [-0.3, -0.25) is 43.2 Å². The zero-order valence-corrected chi connectivity index (χ0v) is 40.8. The quantitative estimate of drug-likeness (QED) is 0.0625. The van der Waals surface area contributed by atoms with Crippen LogP contribution in [0.1, 0.15) is 71.3 Å². The lowest BCUT2D eigenvalue weighted by Crippen LogP contribution is -2.62. The molecule has 1 saturated heterocycles.